The molecule has 2 atom stereocenters. The van der Waals surface area contributed by atoms with Crippen LogP contribution >= 0.6 is 0 Å². The van der Waals surface area contributed by atoms with Crippen LogP contribution in [0.4, 0.5) is 5.69 Å². The summed E-state index contributed by atoms with van der Waals surface area (Å²) < 4.78 is 5.51. The molecular weight excluding hydrogens is 264 g/mol. The number of ether oxygens (including phenoxy) is 1. The Morgan fingerprint density at radius 1 is 1.48 bits per heavy atom. The van der Waals surface area contributed by atoms with E-state index in [0.29, 0.717) is 12.5 Å². The maximum Gasteiger partial charge on any atom is 0.256 e. The number of nitrogens with zero attached hydrogens (tertiary/aromatic N) is 1. The lowest BCUT2D eigenvalue weighted by Gasteiger charge is -2.36. The zero-order valence-corrected chi connectivity index (χ0v) is 13.5. The number of carbonyl (C=O) groups is 1. The Morgan fingerprint density at radius 3 is 2.90 bits per heavy atom. The third-order valence-electron chi connectivity index (χ3n) is 4.25. The maximum atomic E-state index is 12.8. The molecule has 0 spiro atoms. The van der Waals surface area contributed by atoms with Gasteiger partial charge in [0.05, 0.1) is 11.7 Å². The first-order valence-electron chi connectivity index (χ1n) is 7.73. The molecule has 2 unspecified atom stereocenters. The van der Waals surface area contributed by atoms with Gasteiger partial charge in [0.25, 0.3) is 5.91 Å². The molecule has 2 rings (SSSR count). The van der Waals surface area contributed by atoms with Gasteiger partial charge in [-0.3, -0.25) is 4.79 Å². The Balaban J connectivity index is 2.21. The maximum absolute atomic E-state index is 12.8. The first-order valence-corrected chi connectivity index (χ1v) is 7.73. The van der Waals surface area contributed by atoms with Crippen LogP contribution in [0.2, 0.25) is 0 Å². The lowest BCUT2D eigenvalue weighted by atomic mass is 9.95. The molecule has 1 aliphatic rings. The van der Waals surface area contributed by atoms with E-state index < -0.39 is 0 Å². The highest BCUT2D eigenvalue weighted by Crippen LogP contribution is 2.24. The Bertz CT molecular complexity index is 502. The number of anilines is 1. The van der Waals surface area contributed by atoms with Crippen LogP contribution in [0, 0.1) is 12.8 Å². The van der Waals surface area contributed by atoms with Crippen LogP contribution < -0.4 is 5.32 Å². The van der Waals surface area contributed by atoms with Crippen molar-refractivity contribution >= 4 is 11.6 Å². The molecule has 116 valence electrons. The Kier molecular flexibility index (Phi) is 5.23. The summed E-state index contributed by atoms with van der Waals surface area (Å²) in [5.74, 6) is 0.605. The van der Waals surface area contributed by atoms with E-state index in [1.54, 1.807) is 7.11 Å². The minimum absolute atomic E-state index is 0.101. The first-order chi connectivity index (χ1) is 10.1. The summed E-state index contributed by atoms with van der Waals surface area (Å²) >= 11 is 0. The average Bonchev–Trinajstić information content (AvgIpc) is 2.49. The first kappa shape index (κ1) is 15.8. The summed E-state index contributed by atoms with van der Waals surface area (Å²) in [6.07, 6.45) is 1.13. The fourth-order valence-electron chi connectivity index (χ4n) is 2.88. The van der Waals surface area contributed by atoms with Crippen LogP contribution in [0.5, 0.6) is 0 Å². The molecule has 0 radical (unpaired) electrons. The van der Waals surface area contributed by atoms with Gasteiger partial charge in [-0.05, 0) is 38.3 Å². The van der Waals surface area contributed by atoms with Gasteiger partial charge < -0.3 is 15.0 Å². The van der Waals surface area contributed by atoms with Crippen molar-refractivity contribution in [2.45, 2.75) is 33.3 Å². The number of nitrogens with one attached hydrogen (secondary N) is 1. The minimum atomic E-state index is 0.101. The smallest absolute Gasteiger partial charge is 0.256 e. The van der Waals surface area contributed by atoms with Gasteiger partial charge in [-0.1, -0.05) is 18.6 Å². The number of hydrogen-bond donors (Lipinski definition) is 1. The normalized spacial score (nSPS) is 22.2. The molecular formula is C17H26N2O2. The molecule has 4 heteroatoms. The number of aryl methyl sites for hydroxylation is 1. The second-order valence-electron chi connectivity index (χ2n) is 5.87. The molecule has 1 saturated heterocycles. The van der Waals surface area contributed by atoms with Gasteiger partial charge in [0, 0.05) is 32.4 Å². The van der Waals surface area contributed by atoms with Crippen molar-refractivity contribution in [2.24, 2.45) is 5.92 Å². The lowest BCUT2D eigenvalue weighted by molar-refractivity contribution is -0.00153. The van der Waals surface area contributed by atoms with E-state index in [1.807, 2.05) is 36.9 Å². The standard InChI is InChI=1S/C17H26N2O2/c1-5-18-15-7-6-12(2)10-14(15)17(20)19-9-8-13(3)16(11-19)21-4/h6-7,10,13,16,18H,5,8-9,11H2,1-4H3. The molecule has 1 aliphatic heterocycles. The van der Waals surface area contributed by atoms with E-state index in [2.05, 4.69) is 12.2 Å². The zero-order valence-electron chi connectivity index (χ0n) is 13.5. The lowest BCUT2D eigenvalue weighted by Crippen LogP contribution is -2.46. The second kappa shape index (κ2) is 6.94. The molecule has 1 amide bonds. The summed E-state index contributed by atoms with van der Waals surface area (Å²) in [6, 6.07) is 6.00. The molecule has 1 heterocycles. The number of amides is 1. The Morgan fingerprint density at radius 2 is 2.24 bits per heavy atom. The summed E-state index contributed by atoms with van der Waals surface area (Å²) in [5, 5.41) is 3.28. The molecule has 4 nitrogen and oxygen atoms in total. The Hall–Kier alpha value is -1.55. The van der Waals surface area contributed by atoms with Crippen molar-refractivity contribution in [3.05, 3.63) is 29.3 Å². The van der Waals surface area contributed by atoms with Crippen molar-refractivity contribution in [3.8, 4) is 0 Å². The van der Waals surface area contributed by atoms with Crippen LogP contribution in [0.15, 0.2) is 18.2 Å². The van der Waals surface area contributed by atoms with E-state index in [9.17, 15) is 4.79 Å². The van der Waals surface area contributed by atoms with Crippen molar-refractivity contribution in [2.75, 3.05) is 32.1 Å². The monoisotopic (exact) mass is 290 g/mol. The predicted octanol–water partition coefficient (Wildman–Crippen LogP) is 2.92. The fourth-order valence-corrected chi connectivity index (χ4v) is 2.88. The van der Waals surface area contributed by atoms with E-state index in [-0.39, 0.29) is 12.0 Å². The molecule has 1 N–H and O–H groups in total. The highest BCUT2D eigenvalue weighted by Gasteiger charge is 2.30. The van der Waals surface area contributed by atoms with E-state index in [0.717, 1.165) is 36.3 Å². The van der Waals surface area contributed by atoms with Gasteiger partial charge in [0.15, 0.2) is 0 Å². The quantitative estimate of drug-likeness (QED) is 0.927. The molecule has 0 aromatic heterocycles. The van der Waals surface area contributed by atoms with Gasteiger partial charge >= 0.3 is 0 Å². The Labute approximate surface area is 127 Å². The van der Waals surface area contributed by atoms with Crippen molar-refractivity contribution < 1.29 is 9.53 Å². The summed E-state index contributed by atoms with van der Waals surface area (Å²) in [6.45, 7) is 8.53. The summed E-state index contributed by atoms with van der Waals surface area (Å²) in [4.78, 5) is 14.8. The second-order valence-corrected chi connectivity index (χ2v) is 5.87. The van der Waals surface area contributed by atoms with Crippen molar-refractivity contribution in [1.29, 1.82) is 0 Å². The van der Waals surface area contributed by atoms with Gasteiger partial charge in [0.2, 0.25) is 0 Å². The summed E-state index contributed by atoms with van der Waals surface area (Å²) in [5.41, 5.74) is 2.79. The number of carbonyl (C=O) groups excluding carboxylic acids is 1. The topological polar surface area (TPSA) is 41.6 Å². The number of rotatable bonds is 4. The van der Waals surface area contributed by atoms with Crippen LogP contribution in [0.3, 0.4) is 0 Å². The van der Waals surface area contributed by atoms with E-state index in [1.165, 1.54) is 0 Å². The SMILES string of the molecule is CCNc1ccc(C)cc1C(=O)N1CCC(C)C(OC)C1. The van der Waals surface area contributed by atoms with Crippen LogP contribution in [0.1, 0.15) is 36.2 Å². The number of likely N-dealkylation sites (tertiary alicyclic amines) is 1. The third-order valence-corrected chi connectivity index (χ3v) is 4.25. The van der Waals surface area contributed by atoms with E-state index >= 15 is 0 Å². The number of methoxy groups -OCH3 is 1. The summed E-state index contributed by atoms with van der Waals surface area (Å²) in [7, 11) is 1.73. The predicted molar refractivity (Wildman–Crippen MR) is 85.8 cm³/mol. The molecule has 0 bridgehead atoms. The van der Waals surface area contributed by atoms with Crippen LogP contribution in [0.25, 0.3) is 0 Å². The van der Waals surface area contributed by atoms with Crippen molar-refractivity contribution in [1.82, 2.24) is 4.90 Å². The molecule has 1 aromatic carbocycles. The third kappa shape index (κ3) is 3.56. The molecule has 0 aliphatic carbocycles. The highest BCUT2D eigenvalue weighted by molar-refractivity contribution is 6.00. The van der Waals surface area contributed by atoms with Gasteiger partial charge in [-0.2, -0.15) is 0 Å². The van der Waals surface area contributed by atoms with E-state index in [4.69, 9.17) is 4.74 Å². The van der Waals surface area contributed by atoms with Gasteiger partial charge in [-0.15, -0.1) is 0 Å². The molecule has 21 heavy (non-hydrogen) atoms. The number of hydrogen-bond acceptors (Lipinski definition) is 3. The van der Waals surface area contributed by atoms with Crippen molar-refractivity contribution in [3.63, 3.8) is 0 Å². The van der Waals surface area contributed by atoms with Gasteiger partial charge in [0.1, 0.15) is 0 Å². The average molecular weight is 290 g/mol. The van der Waals surface area contributed by atoms with Crippen LogP contribution in [-0.4, -0.2) is 43.7 Å². The zero-order chi connectivity index (χ0) is 15.4. The van der Waals surface area contributed by atoms with Crippen LogP contribution in [-0.2, 0) is 4.74 Å². The van der Waals surface area contributed by atoms with Gasteiger partial charge in [-0.25, -0.2) is 0 Å². The number of piperidine rings is 1. The molecule has 1 fully saturated rings. The number of benzene rings is 1. The minimum Gasteiger partial charge on any atom is -0.385 e. The largest absolute Gasteiger partial charge is 0.385 e. The highest BCUT2D eigenvalue weighted by atomic mass is 16.5. The molecule has 0 saturated carbocycles. The molecule has 1 aromatic rings. The fraction of sp³-hybridized carbons (Fsp3) is 0.588.